The van der Waals surface area contributed by atoms with Crippen LogP contribution < -0.4 is 16.0 Å². The molecule has 4 nitrogen and oxygen atoms in total. The minimum atomic E-state index is -0.161. The van der Waals surface area contributed by atoms with Crippen molar-refractivity contribution < 1.29 is 4.79 Å². The fraction of sp³-hybridized carbons (Fsp3) is 0.364. The molecule has 1 aliphatic rings. The zero-order chi connectivity index (χ0) is 11.0. The maximum absolute atomic E-state index is 11.7. The number of benzene rings is 1. The summed E-state index contributed by atoms with van der Waals surface area (Å²) in [5.41, 5.74) is 8.49. The second kappa shape index (κ2) is 3.55. The van der Waals surface area contributed by atoms with E-state index in [4.69, 9.17) is 5.73 Å². The molecule has 0 bridgehead atoms. The van der Waals surface area contributed by atoms with Crippen LogP contribution in [0.4, 0.5) is 11.4 Å². The number of nitrogens with zero attached hydrogens (tertiary/aromatic N) is 1. The summed E-state index contributed by atoms with van der Waals surface area (Å²) < 4.78 is 0. The molecule has 0 spiro atoms. The van der Waals surface area contributed by atoms with Crippen LogP contribution >= 0.6 is 0 Å². The molecule has 0 fully saturated rings. The van der Waals surface area contributed by atoms with Gasteiger partial charge in [-0.1, -0.05) is 6.07 Å². The average Bonchev–Trinajstić information content (AvgIpc) is 2.26. The van der Waals surface area contributed by atoms with Crippen LogP contribution in [0.1, 0.15) is 12.5 Å². The van der Waals surface area contributed by atoms with Gasteiger partial charge in [-0.25, -0.2) is 0 Å². The van der Waals surface area contributed by atoms with E-state index in [9.17, 15) is 4.79 Å². The highest BCUT2D eigenvalue weighted by molar-refractivity contribution is 6.04. The van der Waals surface area contributed by atoms with Gasteiger partial charge in [0.15, 0.2) is 0 Å². The lowest BCUT2D eigenvalue weighted by Gasteiger charge is -2.31. The SMILES string of the molecule is CC1Nc2ccc(CN)cc2N(C)C1=O. The van der Waals surface area contributed by atoms with E-state index in [-0.39, 0.29) is 11.9 Å². The third-order valence-electron chi connectivity index (χ3n) is 2.73. The van der Waals surface area contributed by atoms with E-state index in [1.807, 2.05) is 25.1 Å². The Morgan fingerprint density at radius 1 is 1.53 bits per heavy atom. The highest BCUT2D eigenvalue weighted by atomic mass is 16.2. The third-order valence-corrected chi connectivity index (χ3v) is 2.73. The molecular formula is C11H15N3O. The van der Waals surface area contributed by atoms with Crippen LogP contribution in [-0.2, 0) is 11.3 Å². The van der Waals surface area contributed by atoms with Gasteiger partial charge in [-0.05, 0) is 24.6 Å². The lowest BCUT2D eigenvalue weighted by Crippen LogP contribution is -2.43. The molecule has 0 radical (unpaired) electrons. The number of rotatable bonds is 1. The predicted molar refractivity (Wildman–Crippen MR) is 60.8 cm³/mol. The van der Waals surface area contributed by atoms with Crippen molar-refractivity contribution >= 4 is 17.3 Å². The number of likely N-dealkylation sites (N-methyl/N-ethyl adjacent to an activating group) is 1. The summed E-state index contributed by atoms with van der Waals surface area (Å²) in [4.78, 5) is 13.4. The first kappa shape index (κ1) is 9.98. The highest BCUT2D eigenvalue weighted by Crippen LogP contribution is 2.31. The molecule has 0 aliphatic carbocycles. The molecule has 1 aromatic rings. The van der Waals surface area contributed by atoms with E-state index in [0.29, 0.717) is 6.54 Å². The van der Waals surface area contributed by atoms with Gasteiger partial charge in [-0.15, -0.1) is 0 Å². The summed E-state index contributed by atoms with van der Waals surface area (Å²) in [6.07, 6.45) is 0. The second-order valence-electron chi connectivity index (χ2n) is 3.82. The maximum Gasteiger partial charge on any atom is 0.248 e. The van der Waals surface area contributed by atoms with Gasteiger partial charge in [0, 0.05) is 13.6 Å². The molecule has 1 aromatic carbocycles. The Hall–Kier alpha value is -1.55. The highest BCUT2D eigenvalue weighted by Gasteiger charge is 2.26. The fourth-order valence-corrected chi connectivity index (χ4v) is 1.81. The van der Waals surface area contributed by atoms with Crippen LogP contribution in [0.5, 0.6) is 0 Å². The van der Waals surface area contributed by atoms with Crippen LogP contribution in [0, 0.1) is 0 Å². The molecule has 1 atom stereocenters. The Labute approximate surface area is 89.1 Å². The van der Waals surface area contributed by atoms with E-state index in [2.05, 4.69) is 5.32 Å². The van der Waals surface area contributed by atoms with Gasteiger partial charge in [0.1, 0.15) is 6.04 Å². The Morgan fingerprint density at radius 2 is 2.27 bits per heavy atom. The van der Waals surface area contributed by atoms with E-state index < -0.39 is 0 Å². The van der Waals surface area contributed by atoms with Gasteiger partial charge in [-0.3, -0.25) is 4.79 Å². The van der Waals surface area contributed by atoms with Crippen molar-refractivity contribution in [3.05, 3.63) is 23.8 Å². The molecular weight excluding hydrogens is 190 g/mol. The van der Waals surface area contributed by atoms with Gasteiger partial charge >= 0.3 is 0 Å². The average molecular weight is 205 g/mol. The lowest BCUT2D eigenvalue weighted by atomic mass is 10.1. The molecule has 2 rings (SSSR count). The summed E-state index contributed by atoms with van der Waals surface area (Å²) in [7, 11) is 1.79. The molecule has 80 valence electrons. The molecule has 0 saturated heterocycles. The van der Waals surface area contributed by atoms with E-state index in [1.54, 1.807) is 11.9 Å². The van der Waals surface area contributed by atoms with Crippen molar-refractivity contribution in [2.24, 2.45) is 5.73 Å². The minimum Gasteiger partial charge on any atom is -0.372 e. The first-order valence-corrected chi connectivity index (χ1v) is 5.00. The zero-order valence-electron chi connectivity index (χ0n) is 8.95. The Bertz CT molecular complexity index is 403. The van der Waals surface area contributed by atoms with Crippen LogP contribution in [0.3, 0.4) is 0 Å². The number of anilines is 2. The van der Waals surface area contributed by atoms with Crippen LogP contribution in [0.25, 0.3) is 0 Å². The number of amides is 1. The Balaban J connectivity index is 2.47. The van der Waals surface area contributed by atoms with Crippen molar-refractivity contribution in [2.45, 2.75) is 19.5 Å². The summed E-state index contributed by atoms with van der Waals surface area (Å²) >= 11 is 0. The largest absolute Gasteiger partial charge is 0.372 e. The first-order chi connectivity index (χ1) is 7.13. The molecule has 1 amide bonds. The monoisotopic (exact) mass is 205 g/mol. The summed E-state index contributed by atoms with van der Waals surface area (Å²) in [5.74, 6) is 0.0803. The molecule has 1 heterocycles. The Morgan fingerprint density at radius 3 is 2.93 bits per heavy atom. The standard InChI is InChI=1S/C11H15N3O/c1-7-11(15)14(2)10-5-8(6-12)3-4-9(10)13-7/h3-5,7,13H,6,12H2,1-2H3. The number of hydrogen-bond donors (Lipinski definition) is 2. The minimum absolute atomic E-state index is 0.0803. The van der Waals surface area contributed by atoms with E-state index >= 15 is 0 Å². The predicted octanol–water partition coefficient (Wildman–Crippen LogP) is 0.922. The molecule has 3 N–H and O–H groups in total. The van der Waals surface area contributed by atoms with Gasteiger partial charge in [0.25, 0.3) is 0 Å². The summed E-state index contributed by atoms with van der Waals surface area (Å²) in [5, 5.41) is 3.16. The number of nitrogens with one attached hydrogen (secondary N) is 1. The van der Waals surface area contributed by atoms with Crippen molar-refractivity contribution in [3.63, 3.8) is 0 Å². The summed E-state index contributed by atoms with van der Waals surface area (Å²) in [6, 6.07) is 5.73. The molecule has 0 saturated carbocycles. The van der Waals surface area contributed by atoms with E-state index in [0.717, 1.165) is 16.9 Å². The van der Waals surface area contributed by atoms with Crippen molar-refractivity contribution in [2.75, 3.05) is 17.3 Å². The third kappa shape index (κ3) is 1.57. The molecule has 15 heavy (non-hydrogen) atoms. The summed E-state index contributed by atoms with van der Waals surface area (Å²) in [6.45, 7) is 2.35. The van der Waals surface area contributed by atoms with Crippen LogP contribution in [-0.4, -0.2) is 19.0 Å². The van der Waals surface area contributed by atoms with Crippen molar-refractivity contribution in [3.8, 4) is 0 Å². The number of nitrogens with two attached hydrogens (primary N) is 1. The van der Waals surface area contributed by atoms with Crippen molar-refractivity contribution in [1.29, 1.82) is 0 Å². The number of carbonyl (C=O) groups excluding carboxylic acids is 1. The number of carbonyl (C=O) groups is 1. The van der Waals surface area contributed by atoms with Crippen molar-refractivity contribution in [1.82, 2.24) is 0 Å². The van der Waals surface area contributed by atoms with Gasteiger partial charge in [0.05, 0.1) is 11.4 Å². The fourth-order valence-electron chi connectivity index (χ4n) is 1.81. The normalized spacial score (nSPS) is 19.8. The number of fused-ring (bicyclic) bond motifs is 1. The molecule has 4 heteroatoms. The van der Waals surface area contributed by atoms with Gasteiger partial charge in [0.2, 0.25) is 5.91 Å². The quantitative estimate of drug-likeness (QED) is 0.716. The van der Waals surface area contributed by atoms with Gasteiger partial charge < -0.3 is 16.0 Å². The smallest absolute Gasteiger partial charge is 0.248 e. The molecule has 1 aliphatic heterocycles. The van der Waals surface area contributed by atoms with Gasteiger partial charge in [-0.2, -0.15) is 0 Å². The maximum atomic E-state index is 11.7. The van der Waals surface area contributed by atoms with Crippen LogP contribution in [0.2, 0.25) is 0 Å². The second-order valence-corrected chi connectivity index (χ2v) is 3.82. The number of hydrogen-bond acceptors (Lipinski definition) is 3. The van der Waals surface area contributed by atoms with E-state index in [1.165, 1.54) is 0 Å². The Kier molecular flexibility index (Phi) is 2.36. The zero-order valence-corrected chi connectivity index (χ0v) is 8.95. The first-order valence-electron chi connectivity index (χ1n) is 5.00. The molecule has 0 aromatic heterocycles. The topological polar surface area (TPSA) is 58.4 Å². The van der Waals surface area contributed by atoms with Crippen LogP contribution in [0.15, 0.2) is 18.2 Å². The lowest BCUT2D eigenvalue weighted by molar-refractivity contribution is -0.118. The molecule has 1 unspecified atom stereocenters.